The molecule has 0 aliphatic rings. The quantitative estimate of drug-likeness (QED) is 0.254. The van der Waals surface area contributed by atoms with Crippen LogP contribution < -0.4 is 11.5 Å². The second-order valence-electron chi connectivity index (χ2n) is 1.77. The van der Waals surface area contributed by atoms with E-state index in [1.807, 2.05) is 0 Å². The Bertz CT molecular complexity index is 70.7. The lowest BCUT2D eigenvalue weighted by atomic mass is 10.5. The third kappa shape index (κ3) is 7.80. The maximum Gasteiger partial charge on any atom is 0.191 e. The molecule has 0 amide bonds. The molecule has 0 unspecified atom stereocenters. The summed E-state index contributed by atoms with van der Waals surface area (Å²) in [6, 6.07) is 0. The Hall–Kier alpha value is -0.200. The van der Waals surface area contributed by atoms with Crippen LogP contribution in [0.3, 0.4) is 0 Å². The molecule has 0 atom stereocenters. The van der Waals surface area contributed by atoms with Gasteiger partial charge < -0.3 is 14.9 Å². The fourth-order valence-corrected chi connectivity index (χ4v) is 0.300. The lowest BCUT2D eigenvalue weighted by Gasteiger charge is -2.15. The van der Waals surface area contributed by atoms with Gasteiger partial charge in [-0.2, -0.15) is 0 Å². The average molecular weight is 136 g/mol. The van der Waals surface area contributed by atoms with Gasteiger partial charge in [0.25, 0.3) is 0 Å². The number of aliphatic hydroxyl groups is 2. The summed E-state index contributed by atoms with van der Waals surface area (Å²) in [6.07, 6.45) is 0. The second-order valence-corrected chi connectivity index (χ2v) is 1.77. The van der Waals surface area contributed by atoms with Gasteiger partial charge in [-0.1, -0.05) is 0 Å². The molecule has 0 spiro atoms. The zero-order valence-corrected chi connectivity index (χ0v) is 5.08. The molecule has 0 radical (unpaired) electrons. The van der Waals surface area contributed by atoms with Crippen LogP contribution in [0.15, 0.2) is 0 Å². The van der Waals surface area contributed by atoms with Crippen molar-refractivity contribution in [2.24, 2.45) is 11.5 Å². The van der Waals surface area contributed by atoms with Crippen LogP contribution >= 0.6 is 0 Å². The van der Waals surface area contributed by atoms with Gasteiger partial charge in [-0.15, -0.1) is 0 Å². The van der Waals surface area contributed by atoms with Gasteiger partial charge in [0.1, 0.15) is 6.61 Å². The molecule has 0 aliphatic heterocycles. The first-order valence-electron chi connectivity index (χ1n) is 2.55. The van der Waals surface area contributed by atoms with Gasteiger partial charge in [0, 0.05) is 0 Å². The number of aliphatic hydroxyl groups excluding tert-OH is 1. The smallest absolute Gasteiger partial charge is 0.191 e. The molecule has 5 nitrogen and oxygen atoms in total. The van der Waals surface area contributed by atoms with Crippen LogP contribution in [0.5, 0.6) is 0 Å². The van der Waals surface area contributed by atoms with Gasteiger partial charge in [-0.3, -0.25) is 11.5 Å². The van der Waals surface area contributed by atoms with Gasteiger partial charge in [-0.25, -0.2) is 0 Å². The second kappa shape index (κ2) is 3.76. The topological polar surface area (TPSA) is 102 Å². The number of ether oxygens (including phenoxy) is 1. The molecule has 9 heavy (non-hydrogen) atoms. The molecule has 0 fully saturated rings. The molecule has 0 aliphatic carbocycles. The van der Waals surface area contributed by atoms with E-state index in [0.717, 1.165) is 0 Å². The predicted octanol–water partition coefficient (Wildman–Crippen LogP) is -2.44. The SMILES string of the molecule is NC(N)(O)COCCO. The van der Waals surface area contributed by atoms with Gasteiger partial charge in [0.2, 0.25) is 0 Å². The monoisotopic (exact) mass is 136 g/mol. The number of hydrogen-bond donors (Lipinski definition) is 4. The third-order valence-corrected chi connectivity index (χ3v) is 0.569. The standard InChI is InChI=1S/C4H12N2O3/c5-4(6,8)3-9-2-1-7/h7-8H,1-3,5-6H2. The van der Waals surface area contributed by atoms with Crippen LogP contribution in [-0.4, -0.2) is 35.9 Å². The Morgan fingerprint density at radius 3 is 2.33 bits per heavy atom. The highest BCUT2D eigenvalue weighted by Crippen LogP contribution is 1.83. The van der Waals surface area contributed by atoms with Crippen LogP contribution in [0.2, 0.25) is 0 Å². The minimum absolute atomic E-state index is 0.101. The van der Waals surface area contributed by atoms with Crippen LogP contribution in [0, 0.1) is 0 Å². The number of nitrogens with two attached hydrogens (primary N) is 2. The molecule has 56 valence electrons. The van der Waals surface area contributed by atoms with Crippen LogP contribution in [0.1, 0.15) is 0 Å². The highest BCUT2D eigenvalue weighted by Gasteiger charge is 2.12. The Kier molecular flexibility index (Phi) is 3.67. The van der Waals surface area contributed by atoms with E-state index in [0.29, 0.717) is 0 Å². The Morgan fingerprint density at radius 1 is 1.44 bits per heavy atom. The Morgan fingerprint density at radius 2 is 2.00 bits per heavy atom. The summed E-state index contributed by atoms with van der Waals surface area (Å²) in [5.41, 5.74) is 9.81. The highest BCUT2D eigenvalue weighted by molar-refractivity contribution is 4.57. The molecule has 0 aromatic heterocycles. The Balaban J connectivity index is 3.07. The highest BCUT2D eigenvalue weighted by atomic mass is 16.5. The summed E-state index contributed by atoms with van der Waals surface area (Å²) in [5, 5.41) is 16.8. The van der Waals surface area contributed by atoms with Crippen molar-refractivity contribution in [3.05, 3.63) is 0 Å². The average Bonchev–Trinajstić information content (AvgIpc) is 1.63. The third-order valence-electron chi connectivity index (χ3n) is 0.569. The summed E-state index contributed by atoms with van der Waals surface area (Å²) >= 11 is 0. The molecular weight excluding hydrogens is 124 g/mol. The molecule has 0 aromatic rings. The van der Waals surface area contributed by atoms with E-state index in [4.69, 9.17) is 21.7 Å². The zero-order valence-electron chi connectivity index (χ0n) is 5.08. The van der Waals surface area contributed by atoms with Crippen LogP contribution in [-0.2, 0) is 4.74 Å². The first-order chi connectivity index (χ1) is 4.06. The van der Waals surface area contributed by atoms with E-state index in [-0.39, 0.29) is 19.8 Å². The van der Waals surface area contributed by atoms with Crippen molar-refractivity contribution in [3.63, 3.8) is 0 Å². The van der Waals surface area contributed by atoms with E-state index < -0.39 is 5.85 Å². The van der Waals surface area contributed by atoms with Crippen molar-refractivity contribution in [3.8, 4) is 0 Å². The summed E-state index contributed by atoms with van der Waals surface area (Å²) in [4.78, 5) is 0. The fraction of sp³-hybridized carbons (Fsp3) is 1.00. The van der Waals surface area contributed by atoms with E-state index >= 15 is 0 Å². The lowest BCUT2D eigenvalue weighted by Crippen LogP contribution is -2.53. The van der Waals surface area contributed by atoms with Crippen molar-refractivity contribution in [1.82, 2.24) is 0 Å². The van der Waals surface area contributed by atoms with Crippen molar-refractivity contribution >= 4 is 0 Å². The van der Waals surface area contributed by atoms with Gasteiger partial charge in [0.05, 0.1) is 13.2 Å². The minimum Gasteiger partial charge on any atom is -0.394 e. The molecule has 0 saturated heterocycles. The van der Waals surface area contributed by atoms with E-state index in [1.54, 1.807) is 0 Å². The summed E-state index contributed by atoms with van der Waals surface area (Å²) in [5.74, 6) is -1.78. The van der Waals surface area contributed by atoms with E-state index in [1.165, 1.54) is 0 Å². The minimum atomic E-state index is -1.78. The molecule has 0 rings (SSSR count). The summed E-state index contributed by atoms with van der Waals surface area (Å²) < 4.78 is 4.60. The first-order valence-corrected chi connectivity index (χ1v) is 2.55. The van der Waals surface area contributed by atoms with Gasteiger partial charge in [0.15, 0.2) is 5.85 Å². The van der Waals surface area contributed by atoms with Crippen molar-refractivity contribution in [1.29, 1.82) is 0 Å². The summed E-state index contributed by atoms with van der Waals surface area (Å²) in [7, 11) is 0. The van der Waals surface area contributed by atoms with E-state index in [9.17, 15) is 0 Å². The maximum absolute atomic E-state index is 8.59. The zero-order chi connectivity index (χ0) is 7.33. The Labute approximate surface area is 53.2 Å². The van der Waals surface area contributed by atoms with Crippen LogP contribution in [0.4, 0.5) is 0 Å². The number of rotatable bonds is 4. The molecular formula is C4H12N2O3. The normalized spacial score (nSPS) is 12.0. The van der Waals surface area contributed by atoms with Crippen molar-refractivity contribution in [2.75, 3.05) is 19.8 Å². The van der Waals surface area contributed by atoms with Gasteiger partial charge >= 0.3 is 0 Å². The lowest BCUT2D eigenvalue weighted by molar-refractivity contribution is -0.0446. The van der Waals surface area contributed by atoms with E-state index in [2.05, 4.69) is 4.74 Å². The fourth-order valence-electron chi connectivity index (χ4n) is 0.300. The molecule has 0 bridgehead atoms. The molecule has 6 N–H and O–H groups in total. The molecule has 5 heteroatoms. The predicted molar refractivity (Wildman–Crippen MR) is 31.2 cm³/mol. The van der Waals surface area contributed by atoms with Crippen molar-refractivity contribution in [2.45, 2.75) is 5.85 Å². The maximum atomic E-state index is 8.59. The van der Waals surface area contributed by atoms with Crippen LogP contribution in [0.25, 0.3) is 0 Å². The largest absolute Gasteiger partial charge is 0.394 e. The first kappa shape index (κ1) is 8.80. The molecule has 0 heterocycles. The summed E-state index contributed by atoms with van der Waals surface area (Å²) in [6.45, 7) is -0.139. The number of hydrogen-bond acceptors (Lipinski definition) is 5. The molecule has 0 aromatic carbocycles. The van der Waals surface area contributed by atoms with Crippen molar-refractivity contribution < 1.29 is 14.9 Å². The van der Waals surface area contributed by atoms with Gasteiger partial charge in [-0.05, 0) is 0 Å². The molecule has 0 saturated carbocycles.